The number of ether oxygens (including phenoxy) is 1. The number of aliphatic carboxylic acids is 1. The molecule has 1 aliphatic rings. The Morgan fingerprint density at radius 3 is 2.90 bits per heavy atom. The number of aryl methyl sites for hydroxylation is 1. The van der Waals surface area contributed by atoms with Gasteiger partial charge in [0.2, 0.25) is 5.91 Å². The number of nitrogens with one attached hydrogen (secondary N) is 1. The van der Waals surface area contributed by atoms with E-state index in [1.807, 2.05) is 19.1 Å². The number of hydrogen-bond donors (Lipinski definition) is 3. The lowest BCUT2D eigenvalue weighted by molar-refractivity contribution is -0.141. The molecule has 0 radical (unpaired) electrons. The van der Waals surface area contributed by atoms with E-state index in [2.05, 4.69) is 5.32 Å². The van der Waals surface area contributed by atoms with Gasteiger partial charge in [-0.3, -0.25) is 9.59 Å². The van der Waals surface area contributed by atoms with E-state index in [1.54, 1.807) is 6.07 Å². The van der Waals surface area contributed by atoms with Gasteiger partial charge in [-0.25, -0.2) is 0 Å². The van der Waals surface area contributed by atoms with Crippen molar-refractivity contribution in [3.8, 4) is 5.75 Å². The first-order valence-electron chi connectivity index (χ1n) is 6.40. The molecule has 2 rings (SSSR count). The topological polar surface area (TPSA) is 95.9 Å². The molecule has 1 aromatic rings. The lowest BCUT2D eigenvalue weighted by atomic mass is 9.98. The molecule has 108 valence electrons. The van der Waals surface area contributed by atoms with Crippen molar-refractivity contribution in [1.29, 1.82) is 0 Å². The molecule has 1 aromatic carbocycles. The Morgan fingerprint density at radius 1 is 1.45 bits per heavy atom. The molecule has 0 saturated heterocycles. The smallest absolute Gasteiger partial charge is 0.312 e. The van der Waals surface area contributed by atoms with Crippen molar-refractivity contribution in [1.82, 2.24) is 5.32 Å². The number of aliphatic hydroxyl groups excluding tert-OH is 1. The summed E-state index contributed by atoms with van der Waals surface area (Å²) in [4.78, 5) is 22.0. The summed E-state index contributed by atoms with van der Waals surface area (Å²) >= 11 is 0. The minimum atomic E-state index is -1.20. The van der Waals surface area contributed by atoms with Crippen LogP contribution in [0.4, 0.5) is 0 Å². The molecular weight excluding hydrogens is 262 g/mol. The summed E-state index contributed by atoms with van der Waals surface area (Å²) in [7, 11) is 0. The van der Waals surface area contributed by atoms with Crippen LogP contribution >= 0.6 is 0 Å². The zero-order chi connectivity index (χ0) is 14.7. The number of amides is 1. The molecule has 20 heavy (non-hydrogen) atoms. The van der Waals surface area contributed by atoms with E-state index in [0.717, 1.165) is 5.56 Å². The van der Waals surface area contributed by atoms with Gasteiger partial charge < -0.3 is 20.3 Å². The van der Waals surface area contributed by atoms with Crippen molar-refractivity contribution in [2.24, 2.45) is 0 Å². The number of carbonyl (C=O) groups is 2. The second-order valence-corrected chi connectivity index (χ2v) is 4.87. The molecular formula is C14H17NO5. The summed E-state index contributed by atoms with van der Waals surface area (Å²) in [6.07, 6.45) is -1.10. The highest BCUT2D eigenvalue weighted by molar-refractivity contribution is 5.93. The number of carbonyl (C=O) groups excluding carboxylic acids is 1. The van der Waals surface area contributed by atoms with Crippen LogP contribution in [-0.2, 0) is 9.59 Å². The molecule has 0 saturated carbocycles. The third kappa shape index (κ3) is 3.27. The van der Waals surface area contributed by atoms with Crippen molar-refractivity contribution in [3.63, 3.8) is 0 Å². The van der Waals surface area contributed by atoms with Crippen LogP contribution in [0.25, 0.3) is 0 Å². The molecule has 2 unspecified atom stereocenters. The number of fused-ring (bicyclic) bond motifs is 1. The fraction of sp³-hybridized carbons (Fsp3) is 0.429. The zero-order valence-corrected chi connectivity index (χ0v) is 11.1. The van der Waals surface area contributed by atoms with E-state index in [1.165, 1.54) is 0 Å². The monoisotopic (exact) mass is 279 g/mol. The lowest BCUT2D eigenvalue weighted by Gasteiger charge is -2.21. The third-order valence-electron chi connectivity index (χ3n) is 3.21. The number of carboxylic acid groups (broad SMARTS) is 1. The molecule has 0 aliphatic carbocycles. The van der Waals surface area contributed by atoms with Gasteiger partial charge in [-0.1, -0.05) is 11.6 Å². The largest absolute Gasteiger partial charge is 0.493 e. The highest BCUT2D eigenvalue weighted by Gasteiger charge is 2.28. The van der Waals surface area contributed by atoms with E-state index in [-0.39, 0.29) is 0 Å². The van der Waals surface area contributed by atoms with Crippen LogP contribution in [0.1, 0.15) is 30.1 Å². The molecule has 6 nitrogen and oxygen atoms in total. The Kier molecular flexibility index (Phi) is 4.24. The molecule has 1 heterocycles. The molecule has 3 N–H and O–H groups in total. The maximum absolute atomic E-state index is 11.5. The Balaban J connectivity index is 2.16. The minimum absolute atomic E-state index is 0.352. The number of benzene rings is 1. The molecule has 6 heteroatoms. The first-order chi connectivity index (χ1) is 9.47. The van der Waals surface area contributed by atoms with Crippen LogP contribution in [0.3, 0.4) is 0 Å². The van der Waals surface area contributed by atoms with Gasteiger partial charge in [0, 0.05) is 12.0 Å². The van der Waals surface area contributed by atoms with E-state index < -0.39 is 30.4 Å². The van der Waals surface area contributed by atoms with Crippen molar-refractivity contribution >= 4 is 11.9 Å². The van der Waals surface area contributed by atoms with Gasteiger partial charge in [-0.05, 0) is 19.1 Å². The van der Waals surface area contributed by atoms with E-state index >= 15 is 0 Å². The summed E-state index contributed by atoms with van der Waals surface area (Å²) in [6.45, 7) is 2.25. The molecule has 2 atom stereocenters. The normalized spacial score (nSPS) is 21.3. The quantitative estimate of drug-likeness (QED) is 0.710. The predicted molar refractivity (Wildman–Crippen MR) is 70.4 cm³/mol. The first-order valence-corrected chi connectivity index (χ1v) is 6.40. The summed E-state index contributed by atoms with van der Waals surface area (Å²) in [5, 5.41) is 21.5. The Labute approximate surface area is 116 Å². The van der Waals surface area contributed by atoms with Gasteiger partial charge in [-0.2, -0.15) is 0 Å². The number of rotatable bonds is 3. The maximum Gasteiger partial charge on any atom is 0.312 e. The fourth-order valence-electron chi connectivity index (χ4n) is 2.25. The number of aliphatic hydroxyl groups is 1. The van der Waals surface area contributed by atoms with E-state index in [0.29, 0.717) is 24.3 Å². The SMILES string of the molecule is Cc1ccc2c(c1)C(O)C(NC(=O)CC(=O)O)CCO2. The van der Waals surface area contributed by atoms with Crippen LogP contribution in [0.15, 0.2) is 18.2 Å². The van der Waals surface area contributed by atoms with Crippen molar-refractivity contribution < 1.29 is 24.5 Å². The molecule has 0 aromatic heterocycles. The highest BCUT2D eigenvalue weighted by Crippen LogP contribution is 2.32. The molecule has 1 amide bonds. The van der Waals surface area contributed by atoms with Gasteiger partial charge in [-0.15, -0.1) is 0 Å². The summed E-state index contributed by atoms with van der Waals surface area (Å²) in [6, 6.07) is 4.93. The summed E-state index contributed by atoms with van der Waals surface area (Å²) in [5.41, 5.74) is 1.59. The molecule has 0 fully saturated rings. The molecule has 0 bridgehead atoms. The van der Waals surface area contributed by atoms with E-state index in [4.69, 9.17) is 9.84 Å². The third-order valence-corrected chi connectivity index (χ3v) is 3.21. The predicted octanol–water partition coefficient (Wildman–Crippen LogP) is 0.770. The standard InChI is InChI=1S/C14H17NO5/c1-8-2-3-11-9(6-8)14(19)10(4-5-20-11)15-12(16)7-13(17)18/h2-3,6,10,14,19H,4-5,7H2,1H3,(H,15,16)(H,17,18). The lowest BCUT2D eigenvalue weighted by Crippen LogP contribution is -2.40. The second-order valence-electron chi connectivity index (χ2n) is 4.87. The molecule has 1 aliphatic heterocycles. The van der Waals surface area contributed by atoms with Crippen molar-refractivity contribution in [3.05, 3.63) is 29.3 Å². The average molecular weight is 279 g/mol. The maximum atomic E-state index is 11.5. The number of carboxylic acids is 1. The minimum Gasteiger partial charge on any atom is -0.493 e. The fourth-order valence-corrected chi connectivity index (χ4v) is 2.25. The summed E-state index contributed by atoms with van der Waals surface area (Å²) in [5.74, 6) is -1.21. The van der Waals surface area contributed by atoms with Crippen LogP contribution < -0.4 is 10.1 Å². The highest BCUT2D eigenvalue weighted by atomic mass is 16.5. The number of hydrogen-bond acceptors (Lipinski definition) is 4. The molecule has 0 spiro atoms. The van der Waals surface area contributed by atoms with Crippen LogP contribution in [0.5, 0.6) is 5.75 Å². The van der Waals surface area contributed by atoms with Crippen molar-refractivity contribution in [2.45, 2.75) is 31.9 Å². The van der Waals surface area contributed by atoms with Gasteiger partial charge in [0.1, 0.15) is 18.3 Å². The van der Waals surface area contributed by atoms with Gasteiger partial charge in [0.05, 0.1) is 12.6 Å². The average Bonchev–Trinajstić information content (AvgIpc) is 2.50. The zero-order valence-electron chi connectivity index (χ0n) is 11.1. The van der Waals surface area contributed by atoms with Crippen molar-refractivity contribution in [2.75, 3.05) is 6.61 Å². The van der Waals surface area contributed by atoms with E-state index in [9.17, 15) is 14.7 Å². The Hall–Kier alpha value is -2.08. The Bertz CT molecular complexity index is 528. The Morgan fingerprint density at radius 2 is 2.20 bits per heavy atom. The van der Waals surface area contributed by atoms with Crippen LogP contribution in [0.2, 0.25) is 0 Å². The van der Waals surface area contributed by atoms with Crippen LogP contribution in [-0.4, -0.2) is 34.7 Å². The first kappa shape index (κ1) is 14.3. The van der Waals surface area contributed by atoms with Crippen LogP contribution in [0, 0.1) is 6.92 Å². The van der Waals surface area contributed by atoms with Gasteiger partial charge >= 0.3 is 5.97 Å². The van der Waals surface area contributed by atoms with Gasteiger partial charge in [0.25, 0.3) is 0 Å². The summed E-state index contributed by atoms with van der Waals surface area (Å²) < 4.78 is 5.54. The second kappa shape index (κ2) is 5.92. The van der Waals surface area contributed by atoms with Gasteiger partial charge in [0.15, 0.2) is 0 Å².